The van der Waals surface area contributed by atoms with Gasteiger partial charge < -0.3 is 19.6 Å². The van der Waals surface area contributed by atoms with Gasteiger partial charge in [0.2, 0.25) is 0 Å². The SMILES string of the molecule is CCCCc1ccc(N(c2ccccc2)c2ccc(N(c3ccc(-c4ccc(N(c5ccc(N(c6ccccc6)c6ccc(CCCC)cc6)cc5)c5cccc6ccccc56)cc4)cc3)c3cccc4ccccc34)cc2)cc1. The van der Waals surface area contributed by atoms with Crippen molar-refractivity contribution in [1.82, 2.24) is 0 Å². The van der Waals surface area contributed by atoms with E-state index in [4.69, 9.17) is 0 Å². The highest BCUT2D eigenvalue weighted by Crippen LogP contribution is 2.45. The Morgan fingerprint density at radius 1 is 0.225 bits per heavy atom. The van der Waals surface area contributed by atoms with Gasteiger partial charge in [0.1, 0.15) is 0 Å². The Morgan fingerprint density at radius 3 is 0.825 bits per heavy atom. The van der Waals surface area contributed by atoms with Gasteiger partial charge in [0, 0.05) is 67.6 Å². The van der Waals surface area contributed by atoms with Gasteiger partial charge in [-0.1, -0.05) is 184 Å². The van der Waals surface area contributed by atoms with E-state index in [0.29, 0.717) is 0 Å². The molecule has 12 rings (SSSR count). The average Bonchev–Trinajstić information content (AvgIpc) is 3.57. The zero-order valence-electron chi connectivity index (χ0n) is 45.7. The van der Waals surface area contributed by atoms with Gasteiger partial charge in [-0.3, -0.25) is 0 Å². The molecule has 0 N–H and O–H groups in total. The Balaban J connectivity index is 0.873. The Hall–Kier alpha value is -9.64. The molecule has 0 saturated carbocycles. The van der Waals surface area contributed by atoms with E-state index in [9.17, 15) is 0 Å². The highest BCUT2D eigenvalue weighted by molar-refractivity contribution is 6.01. The highest BCUT2D eigenvalue weighted by Gasteiger charge is 2.21. The zero-order valence-corrected chi connectivity index (χ0v) is 45.7. The highest BCUT2D eigenvalue weighted by atomic mass is 15.2. The van der Waals surface area contributed by atoms with Crippen molar-refractivity contribution in [3.63, 3.8) is 0 Å². The van der Waals surface area contributed by atoms with Crippen molar-refractivity contribution in [1.29, 1.82) is 0 Å². The maximum Gasteiger partial charge on any atom is 0.0540 e. The minimum absolute atomic E-state index is 1.08. The average molecular weight is 1040 g/mol. The minimum atomic E-state index is 1.08. The lowest BCUT2D eigenvalue weighted by Gasteiger charge is -2.29. The second-order valence-electron chi connectivity index (χ2n) is 20.7. The third kappa shape index (κ3) is 10.9. The first-order valence-corrected chi connectivity index (χ1v) is 28.4. The predicted octanol–water partition coefficient (Wildman–Crippen LogP) is 22.2. The van der Waals surface area contributed by atoms with Gasteiger partial charge >= 0.3 is 0 Å². The summed E-state index contributed by atoms with van der Waals surface area (Å²) in [7, 11) is 0. The fourth-order valence-electron chi connectivity index (χ4n) is 11.2. The molecule has 0 aliphatic rings. The number of hydrogen-bond donors (Lipinski definition) is 0. The number of para-hydroxylation sites is 2. The lowest BCUT2D eigenvalue weighted by Crippen LogP contribution is -2.12. The Morgan fingerprint density at radius 2 is 0.487 bits per heavy atom. The molecule has 0 saturated heterocycles. The van der Waals surface area contributed by atoms with E-state index < -0.39 is 0 Å². The second-order valence-corrected chi connectivity index (χ2v) is 20.7. The number of anilines is 12. The van der Waals surface area contributed by atoms with Crippen LogP contribution in [0.15, 0.2) is 291 Å². The smallest absolute Gasteiger partial charge is 0.0540 e. The van der Waals surface area contributed by atoms with Gasteiger partial charge in [0.05, 0.1) is 11.4 Å². The van der Waals surface area contributed by atoms with Crippen LogP contribution in [0.25, 0.3) is 32.7 Å². The van der Waals surface area contributed by atoms with Gasteiger partial charge in [-0.05, 0) is 192 Å². The summed E-state index contributed by atoms with van der Waals surface area (Å²) < 4.78 is 0. The minimum Gasteiger partial charge on any atom is -0.311 e. The molecule has 0 bridgehead atoms. The summed E-state index contributed by atoms with van der Waals surface area (Å²) in [5, 5.41) is 4.79. The number of fused-ring (bicyclic) bond motifs is 2. The fourth-order valence-corrected chi connectivity index (χ4v) is 11.2. The van der Waals surface area contributed by atoms with Gasteiger partial charge in [0.15, 0.2) is 0 Å². The van der Waals surface area contributed by atoms with Crippen LogP contribution in [-0.2, 0) is 12.8 Å². The number of benzene rings is 12. The lowest BCUT2D eigenvalue weighted by atomic mass is 10.0. The van der Waals surface area contributed by atoms with Gasteiger partial charge in [0.25, 0.3) is 0 Å². The first kappa shape index (κ1) is 51.1. The van der Waals surface area contributed by atoms with Crippen molar-refractivity contribution in [2.24, 2.45) is 0 Å². The number of unbranched alkanes of at least 4 members (excludes halogenated alkanes) is 2. The van der Waals surface area contributed by atoms with Crippen molar-refractivity contribution in [2.75, 3.05) is 19.6 Å². The van der Waals surface area contributed by atoms with Crippen LogP contribution in [0.5, 0.6) is 0 Å². The van der Waals surface area contributed by atoms with E-state index in [-0.39, 0.29) is 0 Å². The van der Waals surface area contributed by atoms with E-state index in [0.717, 1.165) is 92.2 Å². The van der Waals surface area contributed by atoms with E-state index in [1.165, 1.54) is 58.4 Å². The molecule has 0 heterocycles. The third-order valence-electron chi connectivity index (χ3n) is 15.4. The van der Waals surface area contributed by atoms with Crippen molar-refractivity contribution >= 4 is 89.8 Å². The summed E-state index contributed by atoms with van der Waals surface area (Å²) in [5.41, 5.74) is 18.3. The molecule has 0 spiro atoms. The third-order valence-corrected chi connectivity index (χ3v) is 15.4. The van der Waals surface area contributed by atoms with Crippen molar-refractivity contribution in [3.8, 4) is 11.1 Å². The molecule has 0 atom stereocenters. The summed E-state index contributed by atoms with van der Waals surface area (Å²) in [6, 6.07) is 106. The Kier molecular flexibility index (Phi) is 15.3. The van der Waals surface area contributed by atoms with Crippen LogP contribution in [-0.4, -0.2) is 0 Å². The fraction of sp³-hybridized carbons (Fsp3) is 0.105. The van der Waals surface area contributed by atoms with Crippen LogP contribution in [0.1, 0.15) is 50.7 Å². The lowest BCUT2D eigenvalue weighted by molar-refractivity contribution is 0.795. The summed E-state index contributed by atoms with van der Waals surface area (Å²) in [6.07, 6.45) is 6.96. The summed E-state index contributed by atoms with van der Waals surface area (Å²) in [4.78, 5) is 9.49. The molecule has 0 aliphatic heterocycles. The molecule has 80 heavy (non-hydrogen) atoms. The first-order chi connectivity index (χ1) is 39.6. The van der Waals surface area contributed by atoms with Crippen LogP contribution in [0, 0.1) is 0 Å². The molecule has 0 amide bonds. The van der Waals surface area contributed by atoms with Crippen molar-refractivity contribution in [2.45, 2.75) is 52.4 Å². The molecule has 4 nitrogen and oxygen atoms in total. The normalized spacial score (nSPS) is 11.2. The molecule has 12 aromatic carbocycles. The van der Waals surface area contributed by atoms with E-state index in [1.807, 2.05) is 0 Å². The molecule has 0 radical (unpaired) electrons. The van der Waals surface area contributed by atoms with Gasteiger partial charge in [-0.2, -0.15) is 0 Å². The maximum absolute atomic E-state index is 2.39. The predicted molar refractivity (Wildman–Crippen MR) is 343 cm³/mol. The van der Waals surface area contributed by atoms with Crippen LogP contribution in [0.2, 0.25) is 0 Å². The Bertz CT molecular complexity index is 3660. The van der Waals surface area contributed by atoms with Crippen LogP contribution in [0.4, 0.5) is 68.2 Å². The molecule has 0 fully saturated rings. The number of aryl methyl sites for hydroxylation is 2. The van der Waals surface area contributed by atoms with Crippen molar-refractivity contribution < 1.29 is 0 Å². The van der Waals surface area contributed by atoms with Gasteiger partial charge in [-0.15, -0.1) is 0 Å². The molecule has 0 unspecified atom stereocenters. The largest absolute Gasteiger partial charge is 0.311 e. The Labute approximate surface area is 472 Å². The van der Waals surface area contributed by atoms with E-state index in [1.54, 1.807) is 0 Å². The standard InChI is InChI=1S/C76H66N4/c1-3-5-19-57-33-41-65(42-34-57)77(63-25-9-7-10-26-63)67-49-53-71(54-50-67)79(75-31-17-23-61-21-13-15-29-73(61)75)69-45-37-59(38-46-69)60-39-47-70(48-40-60)80(76-32-18-24-62-22-14-16-30-74(62)76)72-55-51-68(52-56-72)78(64-27-11-8-12-28-64)66-43-35-58(36-44-66)20-6-4-2/h7-18,21-56H,3-6,19-20H2,1-2H3. The molecule has 390 valence electrons. The summed E-state index contributed by atoms with van der Waals surface area (Å²) in [5.74, 6) is 0. The first-order valence-electron chi connectivity index (χ1n) is 28.4. The molecular weight excluding hydrogens is 969 g/mol. The number of rotatable bonds is 19. The zero-order chi connectivity index (χ0) is 54.0. The van der Waals surface area contributed by atoms with Crippen LogP contribution < -0.4 is 19.6 Å². The topological polar surface area (TPSA) is 13.0 Å². The number of hydrogen-bond acceptors (Lipinski definition) is 4. The second kappa shape index (κ2) is 23.9. The summed E-state index contributed by atoms with van der Waals surface area (Å²) >= 11 is 0. The molecule has 0 aromatic heterocycles. The van der Waals surface area contributed by atoms with Crippen molar-refractivity contribution in [3.05, 3.63) is 302 Å². The maximum atomic E-state index is 2.39. The monoisotopic (exact) mass is 1030 g/mol. The molecule has 0 aliphatic carbocycles. The van der Waals surface area contributed by atoms with E-state index >= 15 is 0 Å². The number of nitrogens with zero attached hydrogens (tertiary/aromatic N) is 4. The van der Waals surface area contributed by atoms with Gasteiger partial charge in [-0.25, -0.2) is 0 Å². The quantitative estimate of drug-likeness (QED) is 0.0800. The molecular formula is C76H66N4. The molecule has 12 aromatic rings. The van der Waals surface area contributed by atoms with E-state index in [2.05, 4.69) is 325 Å². The van der Waals surface area contributed by atoms with Crippen LogP contribution in [0.3, 0.4) is 0 Å². The summed E-state index contributed by atoms with van der Waals surface area (Å²) in [6.45, 7) is 4.50. The van der Waals surface area contributed by atoms with Crippen LogP contribution >= 0.6 is 0 Å². The molecule has 4 heteroatoms.